The molecule has 0 saturated heterocycles. The fourth-order valence-corrected chi connectivity index (χ4v) is 2.76. The Labute approximate surface area is 159 Å². The lowest BCUT2D eigenvalue weighted by molar-refractivity contribution is 0.0827. The second-order valence-electron chi connectivity index (χ2n) is 5.85. The second-order valence-corrected chi connectivity index (χ2v) is 6.67. The van der Waals surface area contributed by atoms with Crippen LogP contribution < -0.4 is 10.6 Å². The highest BCUT2D eigenvalue weighted by Crippen LogP contribution is 2.16. The zero-order valence-electron chi connectivity index (χ0n) is 14.4. The van der Waals surface area contributed by atoms with E-state index in [1.807, 2.05) is 36.4 Å². The van der Waals surface area contributed by atoms with Gasteiger partial charge < -0.3 is 15.5 Å². The number of rotatable bonds is 6. The van der Waals surface area contributed by atoms with Crippen LogP contribution in [0.3, 0.4) is 0 Å². The Kier molecular flexibility index (Phi) is 7.22. The summed E-state index contributed by atoms with van der Waals surface area (Å²) in [6.45, 7) is 0.758. The molecule has 0 aliphatic rings. The molecule has 0 heterocycles. The van der Waals surface area contributed by atoms with Crippen LogP contribution in [0.25, 0.3) is 0 Å². The highest BCUT2D eigenvalue weighted by molar-refractivity contribution is 7.80. The van der Waals surface area contributed by atoms with Gasteiger partial charge in [-0.25, -0.2) is 0 Å². The summed E-state index contributed by atoms with van der Waals surface area (Å²) >= 11 is 11.4. The third-order valence-electron chi connectivity index (χ3n) is 3.66. The highest BCUT2D eigenvalue weighted by Gasteiger charge is 2.07. The van der Waals surface area contributed by atoms with Gasteiger partial charge in [-0.1, -0.05) is 29.8 Å². The molecule has 4 nitrogen and oxygen atoms in total. The van der Waals surface area contributed by atoms with Crippen LogP contribution in [-0.2, 0) is 6.42 Å². The minimum absolute atomic E-state index is 0.0215. The fraction of sp³-hybridized carbons (Fsp3) is 0.263. The lowest BCUT2D eigenvalue weighted by Crippen LogP contribution is -2.29. The molecule has 0 radical (unpaired) electrons. The summed E-state index contributed by atoms with van der Waals surface area (Å²) in [4.78, 5) is 13.4. The smallest absolute Gasteiger partial charge is 0.253 e. The maximum Gasteiger partial charge on any atom is 0.253 e. The van der Waals surface area contributed by atoms with Crippen molar-refractivity contribution in [3.05, 3.63) is 64.7 Å². The summed E-state index contributed by atoms with van der Waals surface area (Å²) in [6.07, 6.45) is 1.83. The van der Waals surface area contributed by atoms with Crippen LogP contribution in [0.5, 0.6) is 0 Å². The number of carbonyl (C=O) groups is 1. The Hall–Kier alpha value is -2.11. The van der Waals surface area contributed by atoms with Crippen molar-refractivity contribution in [2.45, 2.75) is 12.8 Å². The van der Waals surface area contributed by atoms with Gasteiger partial charge in [-0.05, 0) is 61.0 Å². The normalized spacial score (nSPS) is 10.2. The molecular weight excluding hydrogens is 354 g/mol. The van der Waals surface area contributed by atoms with E-state index >= 15 is 0 Å². The summed E-state index contributed by atoms with van der Waals surface area (Å²) in [5.41, 5.74) is 2.64. The van der Waals surface area contributed by atoms with E-state index < -0.39 is 0 Å². The predicted octanol–water partition coefficient (Wildman–Crippen LogP) is 3.96. The molecule has 0 aliphatic carbocycles. The molecule has 0 aromatic heterocycles. The molecule has 0 fully saturated rings. The Bertz CT molecular complexity index is 732. The van der Waals surface area contributed by atoms with Crippen molar-refractivity contribution >= 4 is 40.5 Å². The summed E-state index contributed by atoms with van der Waals surface area (Å²) in [5, 5.41) is 7.66. The number of amides is 1. The molecule has 0 unspecified atom stereocenters. The number of aryl methyl sites for hydroxylation is 1. The lowest BCUT2D eigenvalue weighted by atomic mass is 10.1. The molecule has 1 amide bonds. The molecule has 0 atom stereocenters. The molecule has 6 heteroatoms. The summed E-state index contributed by atoms with van der Waals surface area (Å²) in [5.74, 6) is -0.0215. The first-order valence-electron chi connectivity index (χ1n) is 8.07. The lowest BCUT2D eigenvalue weighted by Gasteiger charge is -2.13. The number of carbonyl (C=O) groups excluding carboxylic acids is 1. The molecule has 25 heavy (non-hydrogen) atoms. The van der Waals surface area contributed by atoms with E-state index in [1.165, 1.54) is 0 Å². The van der Waals surface area contributed by atoms with E-state index in [0.717, 1.165) is 35.7 Å². The van der Waals surface area contributed by atoms with Crippen LogP contribution in [0, 0.1) is 0 Å². The first kappa shape index (κ1) is 19.2. The van der Waals surface area contributed by atoms with Crippen LogP contribution in [0.15, 0.2) is 48.5 Å². The zero-order chi connectivity index (χ0) is 18.2. The Morgan fingerprint density at radius 2 is 1.80 bits per heavy atom. The van der Waals surface area contributed by atoms with E-state index in [9.17, 15) is 4.79 Å². The third-order valence-corrected chi connectivity index (χ3v) is 4.28. The molecule has 2 N–H and O–H groups in total. The number of anilines is 1. The van der Waals surface area contributed by atoms with E-state index in [4.69, 9.17) is 23.8 Å². The number of hydrogen-bond donors (Lipinski definition) is 2. The van der Waals surface area contributed by atoms with Crippen molar-refractivity contribution in [2.24, 2.45) is 0 Å². The number of hydrogen-bond acceptors (Lipinski definition) is 2. The first-order valence-corrected chi connectivity index (χ1v) is 8.86. The van der Waals surface area contributed by atoms with Crippen LogP contribution in [0.1, 0.15) is 22.3 Å². The number of halogens is 1. The van der Waals surface area contributed by atoms with Crippen molar-refractivity contribution in [3.8, 4) is 0 Å². The van der Waals surface area contributed by atoms with E-state index in [0.29, 0.717) is 10.7 Å². The van der Waals surface area contributed by atoms with E-state index in [-0.39, 0.29) is 5.91 Å². The van der Waals surface area contributed by atoms with E-state index in [2.05, 4.69) is 10.6 Å². The number of thiocarbonyl (C=S) groups is 1. The second kappa shape index (κ2) is 9.39. The molecule has 0 bridgehead atoms. The van der Waals surface area contributed by atoms with Gasteiger partial charge in [0.25, 0.3) is 5.91 Å². The zero-order valence-corrected chi connectivity index (χ0v) is 16.0. The number of nitrogens with one attached hydrogen (secondary N) is 2. The largest absolute Gasteiger partial charge is 0.362 e. The van der Waals surface area contributed by atoms with Gasteiger partial charge in [-0.3, -0.25) is 4.79 Å². The van der Waals surface area contributed by atoms with Crippen molar-refractivity contribution in [2.75, 3.05) is 26.0 Å². The fourth-order valence-electron chi connectivity index (χ4n) is 2.31. The molecule has 2 rings (SSSR count). The topological polar surface area (TPSA) is 44.4 Å². The van der Waals surface area contributed by atoms with Gasteiger partial charge in [0.1, 0.15) is 0 Å². The Balaban J connectivity index is 1.75. The minimum Gasteiger partial charge on any atom is -0.362 e. The van der Waals surface area contributed by atoms with Gasteiger partial charge in [-0.2, -0.15) is 0 Å². The summed E-state index contributed by atoms with van der Waals surface area (Å²) in [6, 6.07) is 15.1. The molecule has 2 aromatic rings. The van der Waals surface area contributed by atoms with Crippen molar-refractivity contribution in [3.63, 3.8) is 0 Å². The van der Waals surface area contributed by atoms with Crippen molar-refractivity contribution in [1.82, 2.24) is 10.2 Å². The highest BCUT2D eigenvalue weighted by atomic mass is 35.5. The Morgan fingerprint density at radius 1 is 1.12 bits per heavy atom. The molecular formula is C19H22ClN3OS. The van der Waals surface area contributed by atoms with Crippen molar-refractivity contribution < 1.29 is 4.79 Å². The van der Waals surface area contributed by atoms with E-state index in [1.54, 1.807) is 31.1 Å². The predicted molar refractivity (Wildman–Crippen MR) is 108 cm³/mol. The van der Waals surface area contributed by atoms with Gasteiger partial charge in [0.2, 0.25) is 0 Å². The van der Waals surface area contributed by atoms with Gasteiger partial charge in [0.15, 0.2) is 5.11 Å². The summed E-state index contributed by atoms with van der Waals surface area (Å²) in [7, 11) is 3.46. The third kappa shape index (κ3) is 6.03. The van der Waals surface area contributed by atoms with Gasteiger partial charge in [0, 0.05) is 36.9 Å². The Morgan fingerprint density at radius 3 is 2.44 bits per heavy atom. The number of benzene rings is 2. The first-order chi connectivity index (χ1) is 12.0. The van der Waals surface area contributed by atoms with Crippen LogP contribution in [0.4, 0.5) is 5.69 Å². The van der Waals surface area contributed by atoms with Crippen molar-refractivity contribution in [1.29, 1.82) is 0 Å². The van der Waals surface area contributed by atoms with Crippen LogP contribution in [-0.4, -0.2) is 36.6 Å². The number of nitrogens with zero attached hydrogens (tertiary/aromatic N) is 1. The van der Waals surface area contributed by atoms with Gasteiger partial charge in [0.05, 0.1) is 0 Å². The average Bonchev–Trinajstić information content (AvgIpc) is 2.60. The molecule has 2 aromatic carbocycles. The van der Waals surface area contributed by atoms with Crippen LogP contribution >= 0.6 is 23.8 Å². The molecule has 0 saturated carbocycles. The maximum absolute atomic E-state index is 11.9. The molecule has 0 aliphatic heterocycles. The molecule has 132 valence electrons. The molecule has 0 spiro atoms. The van der Waals surface area contributed by atoms with Gasteiger partial charge >= 0.3 is 0 Å². The average molecular weight is 376 g/mol. The van der Waals surface area contributed by atoms with Gasteiger partial charge in [-0.15, -0.1) is 0 Å². The minimum atomic E-state index is -0.0215. The standard InChI is InChI=1S/C19H22ClN3OS/c1-23(2)18(24)15-9-11-16(12-10-15)22-19(25)21-13-5-7-14-6-3-4-8-17(14)20/h3-4,6,8-12H,5,7,13H2,1-2H3,(H2,21,22,25). The van der Waals surface area contributed by atoms with Crippen LogP contribution in [0.2, 0.25) is 5.02 Å². The SMILES string of the molecule is CN(C)C(=O)c1ccc(NC(=S)NCCCc2ccccc2Cl)cc1. The quantitative estimate of drug-likeness (QED) is 0.592. The summed E-state index contributed by atoms with van der Waals surface area (Å²) < 4.78 is 0. The monoisotopic (exact) mass is 375 g/mol. The maximum atomic E-state index is 11.9.